The maximum absolute atomic E-state index is 13.1. The standard InChI is InChI=1S/C23H26BN7O2/c24-28-7-2-4-16-3-1-5-17(13-16)18-15-27-22(25)21(29-18)23(32)30-19-14-26-8-6-20(19)31-9-11-33-12-10-31/h1,3,5-6,8,13-15,28H,2,4,7,9-12H2,(H2,25,27)(H,30,32). The average molecular weight is 443 g/mol. The molecule has 0 saturated carbocycles. The highest BCUT2D eigenvalue weighted by Crippen LogP contribution is 2.27. The number of pyridine rings is 1. The number of hydrogen-bond donors (Lipinski definition) is 3. The summed E-state index contributed by atoms with van der Waals surface area (Å²) in [5, 5.41) is 5.56. The maximum Gasteiger partial charge on any atom is 0.278 e. The smallest absolute Gasteiger partial charge is 0.278 e. The second-order valence-electron chi connectivity index (χ2n) is 7.69. The molecule has 10 heteroatoms. The van der Waals surface area contributed by atoms with Gasteiger partial charge in [-0.05, 0) is 37.1 Å². The van der Waals surface area contributed by atoms with Gasteiger partial charge in [-0.15, -0.1) is 0 Å². The maximum atomic E-state index is 13.1. The predicted molar refractivity (Wildman–Crippen MR) is 129 cm³/mol. The molecule has 9 nitrogen and oxygen atoms in total. The Kier molecular flexibility index (Phi) is 7.49. The van der Waals surface area contributed by atoms with Gasteiger partial charge in [0, 0.05) is 24.8 Å². The van der Waals surface area contributed by atoms with E-state index in [2.05, 4.69) is 30.4 Å². The molecule has 0 bridgehead atoms. The van der Waals surface area contributed by atoms with E-state index in [1.807, 2.05) is 30.3 Å². The van der Waals surface area contributed by atoms with Crippen molar-refractivity contribution < 1.29 is 9.53 Å². The van der Waals surface area contributed by atoms with E-state index in [1.54, 1.807) is 18.6 Å². The van der Waals surface area contributed by atoms with Gasteiger partial charge >= 0.3 is 0 Å². The topological polar surface area (TPSA) is 118 Å². The van der Waals surface area contributed by atoms with E-state index in [1.165, 1.54) is 0 Å². The first-order valence-corrected chi connectivity index (χ1v) is 10.9. The Bertz CT molecular complexity index is 1110. The van der Waals surface area contributed by atoms with Gasteiger partial charge in [-0.2, -0.15) is 0 Å². The molecule has 3 aromatic rings. The third-order valence-corrected chi connectivity index (χ3v) is 5.42. The van der Waals surface area contributed by atoms with E-state index in [0.717, 1.165) is 49.3 Å². The van der Waals surface area contributed by atoms with Gasteiger partial charge in [0.2, 0.25) is 0 Å². The molecule has 0 spiro atoms. The lowest BCUT2D eigenvalue weighted by Gasteiger charge is -2.30. The van der Waals surface area contributed by atoms with Crippen LogP contribution < -0.4 is 21.2 Å². The summed E-state index contributed by atoms with van der Waals surface area (Å²) in [5.41, 5.74) is 10.2. The van der Waals surface area contributed by atoms with Crippen LogP contribution in [0.5, 0.6) is 0 Å². The highest BCUT2D eigenvalue weighted by atomic mass is 16.5. The lowest BCUT2D eigenvalue weighted by molar-refractivity contribution is 0.102. The minimum atomic E-state index is -0.436. The van der Waals surface area contributed by atoms with Crippen LogP contribution in [-0.2, 0) is 11.2 Å². The number of benzene rings is 1. The molecule has 3 heterocycles. The van der Waals surface area contributed by atoms with Crippen LogP contribution in [0.15, 0.2) is 48.9 Å². The molecule has 4 N–H and O–H groups in total. The molecule has 1 aromatic carbocycles. The number of aryl methyl sites for hydroxylation is 1. The quantitative estimate of drug-likeness (QED) is 0.357. The number of rotatable bonds is 8. The number of ether oxygens (including phenoxy) is 1. The van der Waals surface area contributed by atoms with E-state index < -0.39 is 5.91 Å². The van der Waals surface area contributed by atoms with E-state index in [9.17, 15) is 4.79 Å². The Balaban J connectivity index is 1.55. The minimum absolute atomic E-state index is 0.0678. The summed E-state index contributed by atoms with van der Waals surface area (Å²) in [7, 11) is 5.35. The molecular weight excluding hydrogens is 417 g/mol. The summed E-state index contributed by atoms with van der Waals surface area (Å²) in [6, 6.07) is 9.86. The van der Waals surface area contributed by atoms with Gasteiger partial charge in [0.1, 0.15) is 0 Å². The molecule has 1 fully saturated rings. The van der Waals surface area contributed by atoms with E-state index in [-0.39, 0.29) is 11.5 Å². The first-order valence-electron chi connectivity index (χ1n) is 10.9. The van der Waals surface area contributed by atoms with Crippen molar-refractivity contribution in [2.75, 3.05) is 48.8 Å². The fourth-order valence-electron chi connectivity index (χ4n) is 3.73. The molecule has 0 atom stereocenters. The van der Waals surface area contributed by atoms with E-state index in [0.29, 0.717) is 24.6 Å². The summed E-state index contributed by atoms with van der Waals surface area (Å²) >= 11 is 0. The van der Waals surface area contributed by atoms with E-state index in [4.69, 9.17) is 18.5 Å². The lowest BCUT2D eigenvalue weighted by atomic mass is 10.0. The fraction of sp³-hybridized carbons (Fsp3) is 0.304. The molecule has 1 amide bonds. The molecular formula is C23H26BN7O2. The van der Waals surface area contributed by atoms with Crippen LogP contribution in [0.2, 0.25) is 0 Å². The first-order chi connectivity index (χ1) is 16.2. The van der Waals surface area contributed by atoms with Crippen LogP contribution in [0.25, 0.3) is 11.3 Å². The first kappa shape index (κ1) is 22.7. The van der Waals surface area contributed by atoms with Crippen molar-refractivity contribution in [1.82, 2.24) is 20.2 Å². The second-order valence-corrected chi connectivity index (χ2v) is 7.69. The minimum Gasteiger partial charge on any atom is -0.382 e. The molecule has 168 valence electrons. The molecule has 1 aliphatic heterocycles. The third-order valence-electron chi connectivity index (χ3n) is 5.42. The molecule has 2 radical (unpaired) electrons. The van der Waals surface area contributed by atoms with Crippen LogP contribution >= 0.6 is 0 Å². The van der Waals surface area contributed by atoms with Gasteiger partial charge in [0.25, 0.3) is 5.91 Å². The number of nitrogens with two attached hydrogens (primary N) is 1. The Morgan fingerprint density at radius 2 is 2.06 bits per heavy atom. The second kappa shape index (κ2) is 10.9. The van der Waals surface area contributed by atoms with Gasteiger partial charge in [0.15, 0.2) is 19.5 Å². The number of anilines is 3. The Morgan fingerprint density at radius 3 is 2.88 bits per heavy atom. The number of aromatic nitrogens is 3. The van der Waals surface area contributed by atoms with Crippen molar-refractivity contribution in [3.63, 3.8) is 0 Å². The number of carbonyl (C=O) groups is 1. The summed E-state index contributed by atoms with van der Waals surface area (Å²) in [6.07, 6.45) is 6.69. The number of morpholine rings is 1. The Hall–Kier alpha value is -3.50. The van der Waals surface area contributed by atoms with Crippen molar-refractivity contribution in [2.24, 2.45) is 0 Å². The van der Waals surface area contributed by atoms with Crippen molar-refractivity contribution in [1.29, 1.82) is 0 Å². The normalized spacial score (nSPS) is 13.6. The van der Waals surface area contributed by atoms with Crippen LogP contribution in [0.4, 0.5) is 17.2 Å². The summed E-state index contributed by atoms with van der Waals surface area (Å²) < 4.78 is 5.43. The number of nitrogens with zero attached hydrogens (tertiary/aromatic N) is 4. The zero-order valence-electron chi connectivity index (χ0n) is 18.3. The number of nitrogens with one attached hydrogen (secondary N) is 2. The van der Waals surface area contributed by atoms with Crippen molar-refractivity contribution in [3.05, 3.63) is 60.2 Å². The molecule has 33 heavy (non-hydrogen) atoms. The van der Waals surface area contributed by atoms with Crippen LogP contribution in [0.1, 0.15) is 22.5 Å². The van der Waals surface area contributed by atoms with Crippen molar-refractivity contribution >= 4 is 31.1 Å². The summed E-state index contributed by atoms with van der Waals surface area (Å²) in [5.74, 6) is -0.368. The zero-order valence-corrected chi connectivity index (χ0v) is 18.3. The van der Waals surface area contributed by atoms with Gasteiger partial charge < -0.3 is 25.9 Å². The Morgan fingerprint density at radius 1 is 1.21 bits per heavy atom. The molecule has 4 rings (SSSR count). The van der Waals surface area contributed by atoms with Crippen LogP contribution in [0.3, 0.4) is 0 Å². The van der Waals surface area contributed by atoms with Crippen LogP contribution in [0, 0.1) is 0 Å². The Labute approximate surface area is 194 Å². The third kappa shape index (κ3) is 5.66. The van der Waals surface area contributed by atoms with Crippen molar-refractivity contribution in [2.45, 2.75) is 12.8 Å². The van der Waals surface area contributed by atoms with Crippen LogP contribution in [-0.4, -0.2) is 61.7 Å². The summed E-state index contributed by atoms with van der Waals surface area (Å²) in [6.45, 7) is 3.48. The average Bonchev–Trinajstić information content (AvgIpc) is 2.85. The van der Waals surface area contributed by atoms with Gasteiger partial charge in [-0.25, -0.2) is 9.97 Å². The summed E-state index contributed by atoms with van der Waals surface area (Å²) in [4.78, 5) is 28.2. The predicted octanol–water partition coefficient (Wildman–Crippen LogP) is 1.82. The molecule has 1 aliphatic rings. The number of nitrogen functional groups attached to an aromatic ring is 1. The molecule has 0 aliphatic carbocycles. The highest BCUT2D eigenvalue weighted by Gasteiger charge is 2.19. The van der Waals surface area contributed by atoms with Crippen molar-refractivity contribution in [3.8, 4) is 11.3 Å². The monoisotopic (exact) mass is 443 g/mol. The molecule has 0 unspecified atom stereocenters. The fourth-order valence-corrected chi connectivity index (χ4v) is 3.73. The van der Waals surface area contributed by atoms with Gasteiger partial charge in [-0.3, -0.25) is 9.78 Å². The van der Waals surface area contributed by atoms with Gasteiger partial charge in [-0.1, -0.05) is 18.2 Å². The largest absolute Gasteiger partial charge is 0.382 e. The molecule has 1 saturated heterocycles. The SMILES string of the molecule is [B]NCCCc1cccc(-c2cnc(N)c(C(=O)Nc3cnccc3N3CCOCC3)n2)c1. The molecule has 2 aromatic heterocycles. The number of amides is 1. The highest BCUT2D eigenvalue weighted by molar-refractivity contribution is 6.07. The zero-order chi connectivity index (χ0) is 23.0. The van der Waals surface area contributed by atoms with Gasteiger partial charge in [0.05, 0.1) is 42.7 Å². The number of carbonyl (C=O) groups excluding carboxylic acids is 1. The number of hydrogen-bond acceptors (Lipinski definition) is 8. The lowest BCUT2D eigenvalue weighted by Crippen LogP contribution is -2.36. The van der Waals surface area contributed by atoms with E-state index >= 15 is 0 Å².